The summed E-state index contributed by atoms with van der Waals surface area (Å²) in [4.78, 5) is 16.8. The van der Waals surface area contributed by atoms with Crippen LogP contribution in [0.3, 0.4) is 0 Å². The summed E-state index contributed by atoms with van der Waals surface area (Å²) >= 11 is 0. The first-order valence-corrected chi connectivity index (χ1v) is 8.90. The van der Waals surface area contributed by atoms with Gasteiger partial charge in [0.2, 0.25) is 0 Å². The second-order valence-corrected chi connectivity index (χ2v) is 6.94. The van der Waals surface area contributed by atoms with Gasteiger partial charge >= 0.3 is 6.03 Å². The van der Waals surface area contributed by atoms with Gasteiger partial charge in [-0.05, 0) is 56.5 Å². The van der Waals surface area contributed by atoms with Crippen LogP contribution in [0.25, 0.3) is 0 Å². The van der Waals surface area contributed by atoms with Crippen LogP contribution in [0.4, 0.5) is 16.2 Å². The lowest BCUT2D eigenvalue weighted by molar-refractivity contribution is 0.208. The van der Waals surface area contributed by atoms with Gasteiger partial charge in [-0.15, -0.1) is 0 Å². The molecule has 1 saturated heterocycles. The summed E-state index contributed by atoms with van der Waals surface area (Å²) in [7, 11) is 0. The van der Waals surface area contributed by atoms with Gasteiger partial charge in [-0.1, -0.05) is 29.8 Å². The van der Waals surface area contributed by atoms with E-state index in [4.69, 9.17) is 0 Å². The number of benzene rings is 2. The lowest BCUT2D eigenvalue weighted by Crippen LogP contribution is -2.50. The minimum atomic E-state index is -0.00688. The minimum absolute atomic E-state index is 0.00688. The highest BCUT2D eigenvalue weighted by Crippen LogP contribution is 2.24. The van der Waals surface area contributed by atoms with Crippen molar-refractivity contribution in [3.63, 3.8) is 0 Å². The van der Waals surface area contributed by atoms with Crippen molar-refractivity contribution in [3.8, 4) is 0 Å². The van der Waals surface area contributed by atoms with Crippen molar-refractivity contribution in [3.05, 3.63) is 58.7 Å². The lowest BCUT2D eigenvalue weighted by Gasteiger charge is -2.37. The highest BCUT2D eigenvalue weighted by Gasteiger charge is 2.22. The number of carbonyl (C=O) groups is 1. The maximum Gasteiger partial charge on any atom is 0.321 e. The summed E-state index contributed by atoms with van der Waals surface area (Å²) in [6.07, 6.45) is 0. The van der Waals surface area contributed by atoms with Gasteiger partial charge in [-0.2, -0.15) is 0 Å². The van der Waals surface area contributed by atoms with Crippen LogP contribution in [0, 0.1) is 27.7 Å². The van der Waals surface area contributed by atoms with Gasteiger partial charge in [0.15, 0.2) is 0 Å². The molecule has 0 bridgehead atoms. The fourth-order valence-electron chi connectivity index (χ4n) is 3.38. The molecule has 3 rings (SSSR count). The average Bonchev–Trinajstić information content (AvgIpc) is 2.60. The molecular weight excluding hydrogens is 310 g/mol. The number of carbonyl (C=O) groups excluding carboxylic acids is 1. The van der Waals surface area contributed by atoms with Crippen LogP contribution in [0.2, 0.25) is 0 Å². The summed E-state index contributed by atoms with van der Waals surface area (Å²) in [5, 5.41) is 3.05. The van der Waals surface area contributed by atoms with Gasteiger partial charge in [0.1, 0.15) is 0 Å². The molecule has 25 heavy (non-hydrogen) atoms. The van der Waals surface area contributed by atoms with Gasteiger partial charge < -0.3 is 15.1 Å². The van der Waals surface area contributed by atoms with E-state index in [1.807, 2.05) is 24.0 Å². The molecule has 0 saturated carbocycles. The first-order chi connectivity index (χ1) is 12.0. The van der Waals surface area contributed by atoms with E-state index in [0.29, 0.717) is 0 Å². The Morgan fingerprint density at radius 1 is 0.920 bits per heavy atom. The number of aryl methyl sites for hydroxylation is 3. The molecule has 0 aliphatic carbocycles. The van der Waals surface area contributed by atoms with E-state index >= 15 is 0 Å². The molecular formula is C21H27N3O. The number of amides is 2. The average molecular weight is 337 g/mol. The second kappa shape index (κ2) is 7.18. The third-order valence-electron chi connectivity index (χ3n) is 5.11. The molecule has 4 heteroatoms. The molecule has 1 aliphatic rings. The summed E-state index contributed by atoms with van der Waals surface area (Å²) in [5.74, 6) is 0. The highest BCUT2D eigenvalue weighted by molar-refractivity contribution is 5.90. The first kappa shape index (κ1) is 17.3. The van der Waals surface area contributed by atoms with Crippen molar-refractivity contribution in [1.82, 2.24) is 4.90 Å². The third kappa shape index (κ3) is 3.78. The molecule has 0 radical (unpaired) electrons. The van der Waals surface area contributed by atoms with Crippen molar-refractivity contribution in [1.29, 1.82) is 0 Å². The highest BCUT2D eigenvalue weighted by atomic mass is 16.2. The summed E-state index contributed by atoms with van der Waals surface area (Å²) in [6.45, 7) is 11.6. The Morgan fingerprint density at radius 3 is 2.32 bits per heavy atom. The topological polar surface area (TPSA) is 35.6 Å². The van der Waals surface area contributed by atoms with Crippen LogP contribution in [-0.2, 0) is 0 Å². The zero-order chi connectivity index (χ0) is 18.0. The van der Waals surface area contributed by atoms with E-state index in [2.05, 4.69) is 55.3 Å². The maximum absolute atomic E-state index is 12.6. The number of rotatable bonds is 2. The van der Waals surface area contributed by atoms with Crippen molar-refractivity contribution in [2.45, 2.75) is 27.7 Å². The van der Waals surface area contributed by atoms with Gasteiger partial charge in [-0.25, -0.2) is 4.79 Å². The Balaban J connectivity index is 1.62. The number of nitrogens with one attached hydrogen (secondary N) is 1. The molecule has 132 valence electrons. The summed E-state index contributed by atoms with van der Waals surface area (Å²) in [5.41, 5.74) is 7.13. The molecule has 0 aromatic heterocycles. The molecule has 1 N–H and O–H groups in total. The van der Waals surface area contributed by atoms with E-state index in [1.165, 1.54) is 22.4 Å². The molecule has 2 amide bonds. The van der Waals surface area contributed by atoms with Crippen LogP contribution in [0.1, 0.15) is 22.3 Å². The van der Waals surface area contributed by atoms with Gasteiger partial charge in [-0.3, -0.25) is 0 Å². The zero-order valence-corrected chi connectivity index (χ0v) is 15.6. The number of urea groups is 1. The van der Waals surface area contributed by atoms with E-state index in [0.717, 1.165) is 37.4 Å². The van der Waals surface area contributed by atoms with E-state index in [9.17, 15) is 4.79 Å². The fourth-order valence-corrected chi connectivity index (χ4v) is 3.38. The largest absolute Gasteiger partial charge is 0.368 e. The van der Waals surface area contributed by atoms with Crippen molar-refractivity contribution < 1.29 is 4.79 Å². The predicted octanol–water partition coefficient (Wildman–Crippen LogP) is 4.27. The molecule has 0 spiro atoms. The number of hydrogen-bond acceptors (Lipinski definition) is 2. The van der Waals surface area contributed by atoms with Crippen molar-refractivity contribution in [2.75, 3.05) is 36.4 Å². The Kier molecular flexibility index (Phi) is 4.98. The number of anilines is 2. The first-order valence-electron chi connectivity index (χ1n) is 8.90. The summed E-state index contributed by atoms with van der Waals surface area (Å²) < 4.78 is 0. The maximum atomic E-state index is 12.6. The fraction of sp³-hybridized carbons (Fsp3) is 0.381. The van der Waals surface area contributed by atoms with Gasteiger partial charge in [0, 0.05) is 37.6 Å². The molecule has 2 aromatic rings. The Labute approximate surface area is 150 Å². The third-order valence-corrected chi connectivity index (χ3v) is 5.11. The Bertz CT molecular complexity index is 777. The Hall–Kier alpha value is -2.49. The van der Waals surface area contributed by atoms with E-state index in [1.54, 1.807) is 0 Å². The van der Waals surface area contributed by atoms with Crippen molar-refractivity contribution >= 4 is 17.4 Å². The van der Waals surface area contributed by atoms with Gasteiger partial charge in [0.25, 0.3) is 0 Å². The smallest absolute Gasteiger partial charge is 0.321 e. The summed E-state index contributed by atoms with van der Waals surface area (Å²) in [6, 6.07) is 12.5. The van der Waals surface area contributed by atoms with Crippen LogP contribution in [0.15, 0.2) is 36.4 Å². The van der Waals surface area contributed by atoms with Crippen molar-refractivity contribution in [2.24, 2.45) is 0 Å². The van der Waals surface area contributed by atoms with Crippen LogP contribution >= 0.6 is 0 Å². The predicted molar refractivity (Wildman–Crippen MR) is 105 cm³/mol. The monoisotopic (exact) mass is 337 g/mol. The second-order valence-electron chi connectivity index (χ2n) is 6.94. The molecule has 1 heterocycles. The normalized spacial score (nSPS) is 14.6. The molecule has 1 aliphatic heterocycles. The van der Waals surface area contributed by atoms with Crippen LogP contribution in [-0.4, -0.2) is 37.1 Å². The standard InChI is InChI=1S/C21H27N3O/c1-15-8-9-19(17(3)14-15)22-21(25)24-12-10-23(11-13-24)20-7-5-6-16(2)18(20)4/h5-9,14H,10-13H2,1-4H3,(H,22,25). The Morgan fingerprint density at radius 2 is 1.64 bits per heavy atom. The van der Waals surface area contributed by atoms with Crippen LogP contribution in [0.5, 0.6) is 0 Å². The number of nitrogens with zero attached hydrogens (tertiary/aromatic N) is 2. The molecule has 0 unspecified atom stereocenters. The minimum Gasteiger partial charge on any atom is -0.368 e. The van der Waals surface area contributed by atoms with E-state index in [-0.39, 0.29) is 6.03 Å². The van der Waals surface area contributed by atoms with Crippen LogP contribution < -0.4 is 10.2 Å². The quantitative estimate of drug-likeness (QED) is 0.888. The lowest BCUT2D eigenvalue weighted by atomic mass is 10.1. The molecule has 2 aromatic carbocycles. The number of hydrogen-bond donors (Lipinski definition) is 1. The van der Waals surface area contributed by atoms with E-state index < -0.39 is 0 Å². The van der Waals surface area contributed by atoms with Gasteiger partial charge in [0.05, 0.1) is 0 Å². The molecule has 0 atom stereocenters. The zero-order valence-electron chi connectivity index (χ0n) is 15.6. The molecule has 4 nitrogen and oxygen atoms in total. The SMILES string of the molecule is Cc1ccc(NC(=O)N2CCN(c3cccc(C)c3C)CC2)c(C)c1. The molecule has 1 fully saturated rings. The number of piperazine rings is 1.